The summed E-state index contributed by atoms with van der Waals surface area (Å²) in [5.41, 5.74) is 1.16. The second-order valence-corrected chi connectivity index (χ2v) is 6.58. The Morgan fingerprint density at radius 3 is 2.83 bits per heavy atom. The number of aliphatic hydroxyl groups excluding tert-OH is 1. The fraction of sp³-hybridized carbons (Fsp3) is 0.800. The van der Waals surface area contributed by atoms with Gasteiger partial charge in [0.1, 0.15) is 6.10 Å². The molecule has 0 aromatic rings. The van der Waals surface area contributed by atoms with Gasteiger partial charge in [0, 0.05) is 11.3 Å². The van der Waals surface area contributed by atoms with E-state index in [1.165, 1.54) is 5.57 Å². The van der Waals surface area contributed by atoms with Crippen LogP contribution in [0.5, 0.6) is 0 Å². The second kappa shape index (κ2) is 3.83. The molecule has 3 nitrogen and oxygen atoms in total. The summed E-state index contributed by atoms with van der Waals surface area (Å²) in [6.45, 7) is 6.32. The van der Waals surface area contributed by atoms with Gasteiger partial charge < -0.3 is 9.84 Å². The van der Waals surface area contributed by atoms with Crippen LogP contribution >= 0.6 is 0 Å². The Morgan fingerprint density at radius 2 is 2.11 bits per heavy atom. The van der Waals surface area contributed by atoms with Gasteiger partial charge in [0.05, 0.1) is 12.0 Å². The minimum atomic E-state index is -0.296. The minimum Gasteiger partial charge on any atom is -0.461 e. The molecule has 0 radical (unpaired) electrons. The van der Waals surface area contributed by atoms with Crippen molar-refractivity contribution in [3.8, 4) is 0 Å². The van der Waals surface area contributed by atoms with Crippen LogP contribution in [0.3, 0.4) is 0 Å². The molecule has 0 spiro atoms. The zero-order chi connectivity index (χ0) is 13.1. The van der Waals surface area contributed by atoms with E-state index < -0.39 is 0 Å². The van der Waals surface area contributed by atoms with Gasteiger partial charge in [0.2, 0.25) is 0 Å². The number of fused-ring (bicyclic) bond motifs is 2. The molecule has 0 unspecified atom stereocenters. The molecule has 1 heterocycles. The van der Waals surface area contributed by atoms with E-state index in [-0.39, 0.29) is 35.4 Å². The van der Waals surface area contributed by atoms with Crippen LogP contribution in [0.2, 0.25) is 0 Å². The molecular weight excluding hydrogens is 228 g/mol. The van der Waals surface area contributed by atoms with Crippen LogP contribution in [-0.2, 0) is 9.53 Å². The summed E-state index contributed by atoms with van der Waals surface area (Å²) in [7, 11) is 0. The second-order valence-electron chi connectivity index (χ2n) is 6.58. The number of aliphatic hydroxyl groups is 1. The number of rotatable bonds is 0. The van der Waals surface area contributed by atoms with Crippen molar-refractivity contribution in [1.82, 2.24) is 0 Å². The average molecular weight is 250 g/mol. The Balaban J connectivity index is 2.01. The van der Waals surface area contributed by atoms with Crippen molar-refractivity contribution in [1.29, 1.82) is 0 Å². The number of carbonyl (C=O) groups is 1. The monoisotopic (exact) mass is 250 g/mol. The molecule has 3 aliphatic rings. The SMILES string of the molecule is C[C@@H]1C(=O)O[C@@H]2C[C@]3(C)C(=C[C@H]12)[C@@H](C)CC[C@@H]3O. The van der Waals surface area contributed by atoms with Gasteiger partial charge in [-0.3, -0.25) is 4.79 Å². The molecule has 1 saturated heterocycles. The lowest BCUT2D eigenvalue weighted by Gasteiger charge is -2.48. The Kier molecular flexibility index (Phi) is 2.60. The van der Waals surface area contributed by atoms with Gasteiger partial charge in [-0.25, -0.2) is 0 Å². The number of carbonyl (C=O) groups excluding carboxylic acids is 1. The lowest BCUT2D eigenvalue weighted by atomic mass is 9.58. The summed E-state index contributed by atoms with van der Waals surface area (Å²) in [5, 5.41) is 10.4. The van der Waals surface area contributed by atoms with Crippen molar-refractivity contribution < 1.29 is 14.6 Å². The zero-order valence-electron chi connectivity index (χ0n) is 11.3. The van der Waals surface area contributed by atoms with Gasteiger partial charge in [-0.15, -0.1) is 0 Å². The van der Waals surface area contributed by atoms with Gasteiger partial charge in [0.15, 0.2) is 0 Å². The van der Waals surface area contributed by atoms with Gasteiger partial charge in [-0.05, 0) is 25.2 Å². The summed E-state index contributed by atoms with van der Waals surface area (Å²) < 4.78 is 5.48. The lowest BCUT2D eigenvalue weighted by molar-refractivity contribution is -0.145. The molecule has 2 fully saturated rings. The summed E-state index contributed by atoms with van der Waals surface area (Å²) in [4.78, 5) is 11.7. The van der Waals surface area contributed by atoms with E-state index in [0.717, 1.165) is 19.3 Å². The fourth-order valence-electron chi connectivity index (χ4n) is 4.11. The topological polar surface area (TPSA) is 46.5 Å². The van der Waals surface area contributed by atoms with Crippen molar-refractivity contribution in [3.63, 3.8) is 0 Å². The molecule has 6 atom stereocenters. The molecule has 18 heavy (non-hydrogen) atoms. The third-order valence-electron chi connectivity index (χ3n) is 5.44. The van der Waals surface area contributed by atoms with E-state index in [2.05, 4.69) is 19.9 Å². The Morgan fingerprint density at radius 1 is 1.39 bits per heavy atom. The number of esters is 1. The van der Waals surface area contributed by atoms with Crippen molar-refractivity contribution in [2.75, 3.05) is 0 Å². The third-order valence-corrected chi connectivity index (χ3v) is 5.44. The van der Waals surface area contributed by atoms with E-state index in [4.69, 9.17) is 4.74 Å². The highest BCUT2D eigenvalue weighted by Gasteiger charge is 2.53. The molecule has 0 amide bonds. The predicted molar refractivity (Wildman–Crippen MR) is 67.7 cm³/mol. The lowest BCUT2D eigenvalue weighted by Crippen LogP contribution is -2.46. The highest BCUT2D eigenvalue weighted by atomic mass is 16.6. The molecule has 3 heteroatoms. The predicted octanol–water partition coefficient (Wildman–Crippen LogP) is 2.29. The molecule has 0 aromatic carbocycles. The highest BCUT2D eigenvalue weighted by Crippen LogP contribution is 2.53. The molecule has 1 saturated carbocycles. The van der Waals surface area contributed by atoms with E-state index in [1.807, 2.05) is 6.92 Å². The standard InChI is InChI=1S/C15H22O3/c1-8-4-5-13(16)15(3)7-12-10(6-11(8)15)9(2)14(17)18-12/h6,8-10,12-13,16H,4-5,7H2,1-3H3/t8-,9-,10+,12+,13-,15+/m0/s1. The molecule has 0 bridgehead atoms. The van der Waals surface area contributed by atoms with E-state index in [0.29, 0.717) is 5.92 Å². The summed E-state index contributed by atoms with van der Waals surface area (Å²) in [5.74, 6) is 0.625. The van der Waals surface area contributed by atoms with Crippen molar-refractivity contribution in [2.24, 2.45) is 23.2 Å². The Labute approximate surface area is 108 Å². The van der Waals surface area contributed by atoms with Gasteiger partial charge in [-0.2, -0.15) is 0 Å². The van der Waals surface area contributed by atoms with Crippen molar-refractivity contribution >= 4 is 5.97 Å². The van der Waals surface area contributed by atoms with Crippen LogP contribution in [0.15, 0.2) is 11.6 Å². The van der Waals surface area contributed by atoms with Crippen LogP contribution in [0.4, 0.5) is 0 Å². The average Bonchev–Trinajstić information content (AvgIpc) is 2.58. The number of hydrogen-bond acceptors (Lipinski definition) is 3. The van der Waals surface area contributed by atoms with Gasteiger partial charge >= 0.3 is 5.97 Å². The van der Waals surface area contributed by atoms with E-state index in [9.17, 15) is 9.90 Å². The van der Waals surface area contributed by atoms with Crippen molar-refractivity contribution in [3.05, 3.63) is 11.6 Å². The first-order chi connectivity index (χ1) is 8.43. The Hall–Kier alpha value is -0.830. The van der Waals surface area contributed by atoms with E-state index >= 15 is 0 Å². The first kappa shape index (κ1) is 12.2. The summed E-state index contributed by atoms with van der Waals surface area (Å²) in [6, 6.07) is 0. The van der Waals surface area contributed by atoms with Crippen LogP contribution in [-0.4, -0.2) is 23.3 Å². The third kappa shape index (κ3) is 1.49. The summed E-state index contributed by atoms with van der Waals surface area (Å²) in [6.07, 6.45) is 4.61. The molecule has 0 aromatic heterocycles. The largest absolute Gasteiger partial charge is 0.461 e. The fourth-order valence-corrected chi connectivity index (χ4v) is 4.11. The maximum absolute atomic E-state index is 11.7. The Bertz CT molecular complexity index is 414. The maximum atomic E-state index is 11.7. The van der Waals surface area contributed by atoms with Gasteiger partial charge in [0.25, 0.3) is 0 Å². The van der Waals surface area contributed by atoms with Crippen LogP contribution in [0.25, 0.3) is 0 Å². The first-order valence-electron chi connectivity index (χ1n) is 7.04. The molecular formula is C15H22O3. The van der Waals surface area contributed by atoms with Crippen LogP contribution in [0, 0.1) is 23.2 Å². The molecule has 3 rings (SSSR count). The van der Waals surface area contributed by atoms with Crippen molar-refractivity contribution in [2.45, 2.75) is 52.2 Å². The molecule has 1 aliphatic heterocycles. The number of hydrogen-bond donors (Lipinski definition) is 1. The minimum absolute atomic E-state index is 0.0267. The quantitative estimate of drug-likeness (QED) is 0.530. The highest BCUT2D eigenvalue weighted by molar-refractivity contribution is 5.75. The van der Waals surface area contributed by atoms with E-state index in [1.54, 1.807) is 0 Å². The smallest absolute Gasteiger partial charge is 0.309 e. The number of ether oxygens (including phenoxy) is 1. The first-order valence-corrected chi connectivity index (χ1v) is 7.04. The molecule has 2 aliphatic carbocycles. The summed E-state index contributed by atoms with van der Waals surface area (Å²) >= 11 is 0. The van der Waals surface area contributed by atoms with Gasteiger partial charge in [-0.1, -0.05) is 32.4 Å². The maximum Gasteiger partial charge on any atom is 0.309 e. The van der Waals surface area contributed by atoms with Crippen LogP contribution in [0.1, 0.15) is 40.0 Å². The van der Waals surface area contributed by atoms with Crippen LogP contribution < -0.4 is 0 Å². The molecule has 1 N–H and O–H groups in total. The normalized spacial score (nSPS) is 51.2. The molecule has 100 valence electrons. The zero-order valence-corrected chi connectivity index (χ0v) is 11.3.